The monoisotopic (exact) mass is 281 g/mol. The topological polar surface area (TPSA) is 138 Å². The van der Waals surface area contributed by atoms with Crippen LogP contribution in [0.4, 0.5) is 11.5 Å². The maximum atomic E-state index is 11.1. The average Bonchev–Trinajstić information content (AvgIpc) is 2.45. The third-order valence-electron chi connectivity index (χ3n) is 3.14. The van der Waals surface area contributed by atoms with Crippen LogP contribution < -0.4 is 10.6 Å². The molecule has 0 spiro atoms. The van der Waals surface area contributed by atoms with Gasteiger partial charge in [-0.05, 0) is 12.8 Å². The third kappa shape index (κ3) is 2.77. The van der Waals surface area contributed by atoms with E-state index >= 15 is 0 Å². The van der Waals surface area contributed by atoms with Gasteiger partial charge in [0.15, 0.2) is 5.84 Å². The maximum absolute atomic E-state index is 11.1. The van der Waals surface area contributed by atoms with Crippen LogP contribution in [0.1, 0.15) is 18.4 Å². The average molecular weight is 281 g/mol. The number of β-amino-alcohol motifs (C(OH)–C–C–N with tert-alkyl or cyclic N) is 1. The number of nitrogens with zero attached hydrogens (tertiary/aromatic N) is 4. The van der Waals surface area contributed by atoms with Crippen LogP contribution in [0.25, 0.3) is 0 Å². The van der Waals surface area contributed by atoms with E-state index in [0.717, 1.165) is 6.42 Å². The Hall–Kier alpha value is -2.42. The van der Waals surface area contributed by atoms with Crippen molar-refractivity contribution < 1.29 is 15.2 Å². The van der Waals surface area contributed by atoms with Gasteiger partial charge in [0.2, 0.25) is 5.82 Å². The van der Waals surface area contributed by atoms with Crippen LogP contribution in [0.2, 0.25) is 0 Å². The Morgan fingerprint density at radius 2 is 2.40 bits per heavy atom. The lowest BCUT2D eigenvalue weighted by molar-refractivity contribution is -0.384. The Kier molecular flexibility index (Phi) is 3.99. The van der Waals surface area contributed by atoms with Crippen molar-refractivity contribution in [1.82, 2.24) is 4.98 Å². The number of hydrogen-bond donors (Lipinski definition) is 3. The van der Waals surface area contributed by atoms with E-state index in [1.54, 1.807) is 4.90 Å². The molecule has 20 heavy (non-hydrogen) atoms. The van der Waals surface area contributed by atoms with Crippen LogP contribution in [0.15, 0.2) is 17.4 Å². The standard InChI is InChI=1S/C11H15N5O4/c12-10(14-18)7-4-9(16(19)20)11(13-5-7)15-3-1-2-8(17)6-15/h4-5,8,17-18H,1-3,6H2,(H2,12,14). The lowest BCUT2D eigenvalue weighted by atomic mass is 10.1. The van der Waals surface area contributed by atoms with Crippen LogP contribution in [0, 0.1) is 10.1 Å². The number of rotatable bonds is 3. The Morgan fingerprint density at radius 1 is 1.65 bits per heavy atom. The van der Waals surface area contributed by atoms with Crippen LogP contribution >= 0.6 is 0 Å². The number of hydrogen-bond acceptors (Lipinski definition) is 7. The summed E-state index contributed by atoms with van der Waals surface area (Å²) in [6.45, 7) is 0.893. The molecule has 108 valence electrons. The fourth-order valence-electron chi connectivity index (χ4n) is 2.17. The zero-order valence-corrected chi connectivity index (χ0v) is 10.6. The van der Waals surface area contributed by atoms with Gasteiger partial charge < -0.3 is 20.9 Å². The first-order chi connectivity index (χ1) is 9.52. The number of anilines is 1. The number of aromatic nitrogens is 1. The zero-order chi connectivity index (χ0) is 14.7. The van der Waals surface area contributed by atoms with Gasteiger partial charge in [-0.3, -0.25) is 10.1 Å². The molecule has 1 aliphatic rings. The summed E-state index contributed by atoms with van der Waals surface area (Å²) in [5, 5.41) is 32.2. The maximum Gasteiger partial charge on any atom is 0.312 e. The van der Waals surface area contributed by atoms with Gasteiger partial charge in [-0.15, -0.1) is 0 Å². The summed E-state index contributed by atoms with van der Waals surface area (Å²) >= 11 is 0. The molecule has 4 N–H and O–H groups in total. The predicted octanol–water partition coefficient (Wildman–Crippen LogP) is 0.0454. The second-order valence-electron chi connectivity index (χ2n) is 4.55. The minimum atomic E-state index is -0.572. The highest BCUT2D eigenvalue weighted by Gasteiger charge is 2.26. The quantitative estimate of drug-likeness (QED) is 0.234. The molecule has 0 aromatic carbocycles. The summed E-state index contributed by atoms with van der Waals surface area (Å²) in [6.07, 6.45) is 2.20. The van der Waals surface area contributed by atoms with Gasteiger partial charge in [-0.25, -0.2) is 4.98 Å². The van der Waals surface area contributed by atoms with Crippen LogP contribution in [0.5, 0.6) is 0 Å². The molecule has 0 aliphatic carbocycles. The molecule has 9 nitrogen and oxygen atoms in total. The molecule has 1 aromatic rings. The normalized spacial score (nSPS) is 19.9. The second-order valence-corrected chi connectivity index (χ2v) is 4.55. The molecule has 1 saturated heterocycles. The van der Waals surface area contributed by atoms with Gasteiger partial charge in [0, 0.05) is 30.9 Å². The minimum absolute atomic E-state index is 0.167. The van der Waals surface area contributed by atoms with E-state index in [-0.39, 0.29) is 22.9 Å². The molecular weight excluding hydrogens is 266 g/mol. The number of pyridine rings is 1. The van der Waals surface area contributed by atoms with E-state index < -0.39 is 11.0 Å². The van der Waals surface area contributed by atoms with Gasteiger partial charge in [0.25, 0.3) is 0 Å². The number of oxime groups is 1. The van der Waals surface area contributed by atoms with Crippen molar-refractivity contribution in [2.45, 2.75) is 18.9 Å². The Bertz CT molecular complexity index is 548. The zero-order valence-electron chi connectivity index (χ0n) is 10.6. The van der Waals surface area contributed by atoms with Crippen LogP contribution in [-0.4, -0.2) is 45.3 Å². The summed E-state index contributed by atoms with van der Waals surface area (Å²) in [5.41, 5.74) is 5.33. The highest BCUT2D eigenvalue weighted by Crippen LogP contribution is 2.28. The summed E-state index contributed by atoms with van der Waals surface area (Å²) in [5.74, 6) is -0.0610. The molecular formula is C11H15N5O4. The molecule has 2 heterocycles. The fourth-order valence-corrected chi connectivity index (χ4v) is 2.17. The van der Waals surface area contributed by atoms with Gasteiger partial charge >= 0.3 is 5.69 Å². The van der Waals surface area contributed by atoms with Crippen molar-refractivity contribution in [3.8, 4) is 0 Å². The third-order valence-corrected chi connectivity index (χ3v) is 3.14. The highest BCUT2D eigenvalue weighted by molar-refractivity contribution is 5.97. The van der Waals surface area contributed by atoms with Gasteiger partial charge in [0.05, 0.1) is 11.0 Å². The fraction of sp³-hybridized carbons (Fsp3) is 0.455. The predicted molar refractivity (Wildman–Crippen MR) is 70.9 cm³/mol. The molecule has 2 rings (SSSR count). The number of nitrogens with two attached hydrogens (primary N) is 1. The van der Waals surface area contributed by atoms with E-state index in [1.807, 2.05) is 0 Å². The largest absolute Gasteiger partial charge is 0.409 e. The smallest absolute Gasteiger partial charge is 0.312 e. The Balaban J connectivity index is 2.40. The molecule has 9 heteroatoms. The molecule has 0 radical (unpaired) electrons. The molecule has 1 unspecified atom stereocenters. The summed E-state index contributed by atoms with van der Waals surface area (Å²) < 4.78 is 0. The molecule has 1 atom stereocenters. The molecule has 1 fully saturated rings. The van der Waals surface area contributed by atoms with E-state index in [1.165, 1.54) is 12.3 Å². The van der Waals surface area contributed by atoms with Gasteiger partial charge in [0.1, 0.15) is 0 Å². The van der Waals surface area contributed by atoms with Gasteiger partial charge in [-0.2, -0.15) is 0 Å². The van der Waals surface area contributed by atoms with Crippen molar-refractivity contribution >= 4 is 17.3 Å². The first-order valence-electron chi connectivity index (χ1n) is 6.08. The van der Waals surface area contributed by atoms with Gasteiger partial charge in [-0.1, -0.05) is 5.16 Å². The lowest BCUT2D eigenvalue weighted by Gasteiger charge is -2.30. The number of piperidine rings is 1. The van der Waals surface area contributed by atoms with Crippen molar-refractivity contribution in [2.75, 3.05) is 18.0 Å². The first kappa shape index (κ1) is 14.0. The molecule has 1 aliphatic heterocycles. The minimum Gasteiger partial charge on any atom is -0.409 e. The second kappa shape index (κ2) is 5.70. The van der Waals surface area contributed by atoms with Crippen molar-refractivity contribution in [3.63, 3.8) is 0 Å². The number of nitro groups is 1. The summed E-state index contributed by atoms with van der Waals surface area (Å²) in [7, 11) is 0. The van der Waals surface area contributed by atoms with Crippen LogP contribution in [-0.2, 0) is 0 Å². The SMILES string of the molecule is NC(=NO)c1cnc(N2CCCC(O)C2)c([N+](=O)[O-])c1. The van der Waals surface area contributed by atoms with E-state index in [2.05, 4.69) is 10.1 Å². The van der Waals surface area contributed by atoms with E-state index in [0.29, 0.717) is 19.5 Å². The molecule has 0 saturated carbocycles. The Labute approximate surface area is 114 Å². The number of amidine groups is 1. The molecule has 0 bridgehead atoms. The number of aliphatic hydroxyl groups is 1. The molecule has 1 aromatic heterocycles. The van der Waals surface area contributed by atoms with E-state index in [4.69, 9.17) is 10.9 Å². The highest BCUT2D eigenvalue weighted by atomic mass is 16.6. The van der Waals surface area contributed by atoms with Crippen molar-refractivity contribution in [1.29, 1.82) is 0 Å². The molecule has 0 amide bonds. The number of aliphatic hydroxyl groups excluding tert-OH is 1. The van der Waals surface area contributed by atoms with Crippen LogP contribution in [0.3, 0.4) is 0 Å². The summed E-state index contributed by atoms with van der Waals surface area (Å²) in [4.78, 5) is 16.3. The first-order valence-corrected chi connectivity index (χ1v) is 6.08. The van der Waals surface area contributed by atoms with Crippen molar-refractivity contribution in [2.24, 2.45) is 10.9 Å². The van der Waals surface area contributed by atoms with E-state index in [9.17, 15) is 15.2 Å². The Morgan fingerprint density at radius 3 is 3.00 bits per heavy atom. The summed E-state index contributed by atoms with van der Waals surface area (Å²) in [6, 6.07) is 1.21. The van der Waals surface area contributed by atoms with Crippen molar-refractivity contribution in [3.05, 3.63) is 27.9 Å². The lowest BCUT2D eigenvalue weighted by Crippen LogP contribution is -2.39.